The van der Waals surface area contributed by atoms with Crippen LogP contribution in [-0.4, -0.2) is 16.0 Å². The Bertz CT molecular complexity index is 569. The fraction of sp³-hybridized carbons (Fsp3) is 0.0714. The van der Waals surface area contributed by atoms with Crippen LogP contribution < -0.4 is 0 Å². The smallest absolute Gasteiger partial charge is 0.307 e. The molecule has 2 aromatic carbocycles. The molecule has 2 rings (SSSR count). The van der Waals surface area contributed by atoms with Crippen molar-refractivity contribution in [3.05, 3.63) is 70.3 Å². The first-order valence-corrected chi connectivity index (χ1v) is 6.13. The monoisotopic (exact) mass is 291 g/mol. The zero-order valence-corrected chi connectivity index (χ0v) is 11.4. The average molecular weight is 291 g/mol. The highest BCUT2D eigenvalue weighted by molar-refractivity contribution is 7.80. The van der Waals surface area contributed by atoms with Crippen molar-refractivity contribution in [1.82, 2.24) is 0 Å². The first-order chi connectivity index (χ1) is 9.49. The van der Waals surface area contributed by atoms with Crippen LogP contribution in [0, 0.1) is 10.1 Å². The number of hydrogen-bond acceptors (Lipinski definition) is 4. The van der Waals surface area contributed by atoms with Crippen LogP contribution >= 0.6 is 12.6 Å². The summed E-state index contributed by atoms with van der Waals surface area (Å²) in [6, 6.07) is 15.1. The highest BCUT2D eigenvalue weighted by Crippen LogP contribution is 2.13. The Morgan fingerprint density at radius 1 is 1.10 bits per heavy atom. The van der Waals surface area contributed by atoms with Crippen LogP contribution in [0.2, 0.25) is 0 Å². The summed E-state index contributed by atoms with van der Waals surface area (Å²) in [5.41, 5.74) is 0.938. The number of carboxylic acids is 1. The van der Waals surface area contributed by atoms with Gasteiger partial charge < -0.3 is 5.11 Å². The van der Waals surface area contributed by atoms with E-state index in [1.165, 1.54) is 12.1 Å². The second kappa shape index (κ2) is 7.96. The van der Waals surface area contributed by atoms with Gasteiger partial charge in [0.1, 0.15) is 0 Å². The van der Waals surface area contributed by atoms with Gasteiger partial charge in [-0.15, -0.1) is 12.6 Å². The van der Waals surface area contributed by atoms with E-state index in [0.717, 1.165) is 10.5 Å². The lowest BCUT2D eigenvalue weighted by molar-refractivity contribution is -0.384. The van der Waals surface area contributed by atoms with Crippen molar-refractivity contribution < 1.29 is 14.8 Å². The molecular weight excluding hydrogens is 278 g/mol. The van der Waals surface area contributed by atoms with E-state index >= 15 is 0 Å². The minimum absolute atomic E-state index is 0.0952. The molecule has 0 amide bonds. The standard InChI is InChI=1S/C8H8O2.C6H5NO2S/c9-8(10)6-7-4-2-1-3-5-7;8-7(9)5-1-3-6(10)4-2-5/h1-5H,6H2,(H,9,10);1-4,10H. The van der Waals surface area contributed by atoms with Gasteiger partial charge in [0, 0.05) is 17.0 Å². The Kier molecular flexibility index (Phi) is 6.25. The molecule has 20 heavy (non-hydrogen) atoms. The molecule has 0 saturated heterocycles. The van der Waals surface area contributed by atoms with Crippen molar-refractivity contribution in [3.8, 4) is 0 Å². The number of nitrogens with zero attached hydrogens (tertiary/aromatic N) is 1. The summed E-state index contributed by atoms with van der Waals surface area (Å²) >= 11 is 3.98. The molecule has 0 aliphatic carbocycles. The zero-order chi connectivity index (χ0) is 15.0. The number of rotatable bonds is 3. The molecule has 0 aliphatic rings. The normalized spacial score (nSPS) is 9.25. The lowest BCUT2D eigenvalue weighted by Gasteiger charge is -1.92. The average Bonchev–Trinajstić information content (AvgIpc) is 2.40. The van der Waals surface area contributed by atoms with Gasteiger partial charge in [-0.1, -0.05) is 30.3 Å². The largest absolute Gasteiger partial charge is 0.481 e. The SMILES string of the molecule is O=C(O)Cc1ccccc1.O=[N+]([O-])c1ccc(S)cc1. The number of nitro groups is 1. The number of nitro benzene ring substituents is 1. The van der Waals surface area contributed by atoms with Gasteiger partial charge in [0.05, 0.1) is 11.3 Å². The highest BCUT2D eigenvalue weighted by Gasteiger charge is 2.01. The fourth-order valence-corrected chi connectivity index (χ4v) is 1.49. The summed E-state index contributed by atoms with van der Waals surface area (Å²) in [5.74, 6) is -0.786. The number of thiol groups is 1. The van der Waals surface area contributed by atoms with Gasteiger partial charge in [-0.2, -0.15) is 0 Å². The van der Waals surface area contributed by atoms with E-state index in [1.807, 2.05) is 18.2 Å². The van der Waals surface area contributed by atoms with Crippen molar-refractivity contribution in [3.63, 3.8) is 0 Å². The maximum Gasteiger partial charge on any atom is 0.307 e. The summed E-state index contributed by atoms with van der Waals surface area (Å²) < 4.78 is 0. The molecule has 1 N–H and O–H groups in total. The molecule has 0 spiro atoms. The minimum atomic E-state index is -0.786. The van der Waals surface area contributed by atoms with Crippen LogP contribution in [0.4, 0.5) is 5.69 Å². The Morgan fingerprint density at radius 2 is 1.65 bits per heavy atom. The third-order valence-corrected chi connectivity index (χ3v) is 2.56. The predicted octanol–water partition coefficient (Wildman–Crippen LogP) is 3.20. The molecule has 0 saturated carbocycles. The van der Waals surface area contributed by atoms with E-state index in [9.17, 15) is 14.9 Å². The number of hydrogen-bond donors (Lipinski definition) is 2. The van der Waals surface area contributed by atoms with Gasteiger partial charge in [-0.05, 0) is 17.7 Å². The summed E-state index contributed by atoms with van der Waals surface area (Å²) in [5, 5.41) is 18.5. The predicted molar refractivity (Wildman–Crippen MR) is 78.1 cm³/mol. The van der Waals surface area contributed by atoms with Crippen molar-refractivity contribution in [2.45, 2.75) is 11.3 Å². The van der Waals surface area contributed by atoms with Crippen molar-refractivity contribution >= 4 is 24.3 Å². The van der Waals surface area contributed by atoms with Crippen molar-refractivity contribution in [2.24, 2.45) is 0 Å². The molecule has 5 nitrogen and oxygen atoms in total. The lowest BCUT2D eigenvalue weighted by atomic mass is 10.2. The van der Waals surface area contributed by atoms with E-state index < -0.39 is 10.9 Å². The molecule has 6 heteroatoms. The summed E-state index contributed by atoms with van der Waals surface area (Å²) in [7, 11) is 0. The number of aliphatic carboxylic acids is 1. The third kappa shape index (κ3) is 6.01. The summed E-state index contributed by atoms with van der Waals surface area (Å²) in [4.78, 5) is 20.6. The molecule has 0 bridgehead atoms. The van der Waals surface area contributed by atoms with E-state index in [4.69, 9.17) is 5.11 Å². The van der Waals surface area contributed by atoms with E-state index in [1.54, 1.807) is 24.3 Å². The molecule has 0 heterocycles. The van der Waals surface area contributed by atoms with Crippen LogP contribution in [-0.2, 0) is 11.2 Å². The Balaban J connectivity index is 0.000000200. The van der Waals surface area contributed by atoms with E-state index in [2.05, 4.69) is 12.6 Å². The van der Waals surface area contributed by atoms with Crippen LogP contribution in [0.3, 0.4) is 0 Å². The summed E-state index contributed by atoms with van der Waals surface area (Å²) in [6.45, 7) is 0. The molecule has 0 radical (unpaired) electrons. The van der Waals surface area contributed by atoms with E-state index in [0.29, 0.717) is 0 Å². The lowest BCUT2D eigenvalue weighted by Crippen LogP contribution is -1.98. The van der Waals surface area contributed by atoms with Gasteiger partial charge in [0.25, 0.3) is 5.69 Å². The quantitative estimate of drug-likeness (QED) is 0.517. The number of carboxylic acid groups (broad SMARTS) is 1. The maximum atomic E-state index is 10.2. The van der Waals surface area contributed by atoms with Gasteiger partial charge in [-0.3, -0.25) is 14.9 Å². The molecule has 2 aromatic rings. The molecule has 104 valence electrons. The summed E-state index contributed by atoms with van der Waals surface area (Å²) in [6.07, 6.45) is 0.112. The molecule has 0 aliphatic heterocycles. The van der Waals surface area contributed by atoms with Crippen LogP contribution in [0.25, 0.3) is 0 Å². The maximum absolute atomic E-state index is 10.2. The van der Waals surface area contributed by atoms with Gasteiger partial charge in [0.15, 0.2) is 0 Å². The second-order valence-corrected chi connectivity index (χ2v) is 4.35. The highest BCUT2D eigenvalue weighted by atomic mass is 32.1. The third-order valence-electron chi connectivity index (χ3n) is 2.26. The number of benzene rings is 2. The van der Waals surface area contributed by atoms with Gasteiger partial charge in [0.2, 0.25) is 0 Å². The first kappa shape index (κ1) is 15.7. The van der Waals surface area contributed by atoms with Crippen molar-refractivity contribution in [1.29, 1.82) is 0 Å². The van der Waals surface area contributed by atoms with E-state index in [-0.39, 0.29) is 12.1 Å². The fourth-order valence-electron chi connectivity index (χ4n) is 1.34. The van der Waals surface area contributed by atoms with Crippen LogP contribution in [0.5, 0.6) is 0 Å². The Morgan fingerprint density at radius 3 is 2.10 bits per heavy atom. The molecule has 0 fully saturated rings. The Labute approximate surface area is 121 Å². The molecule has 0 atom stereocenters. The molecule has 0 aromatic heterocycles. The van der Waals surface area contributed by atoms with Crippen LogP contribution in [0.1, 0.15) is 5.56 Å². The zero-order valence-electron chi connectivity index (χ0n) is 10.5. The Hall–Kier alpha value is -2.34. The van der Waals surface area contributed by atoms with Gasteiger partial charge >= 0.3 is 5.97 Å². The topological polar surface area (TPSA) is 80.4 Å². The van der Waals surface area contributed by atoms with Gasteiger partial charge in [-0.25, -0.2) is 0 Å². The molecular formula is C14H13NO4S. The minimum Gasteiger partial charge on any atom is -0.481 e. The number of non-ortho nitro benzene ring substituents is 1. The first-order valence-electron chi connectivity index (χ1n) is 5.68. The number of carbonyl (C=O) groups is 1. The van der Waals surface area contributed by atoms with Crippen LogP contribution in [0.15, 0.2) is 59.5 Å². The second-order valence-electron chi connectivity index (χ2n) is 3.83. The molecule has 0 unspecified atom stereocenters. The van der Waals surface area contributed by atoms with Crippen molar-refractivity contribution in [2.75, 3.05) is 0 Å².